The molecule has 28 heavy (non-hydrogen) atoms. The van der Waals surface area contributed by atoms with Gasteiger partial charge in [-0.3, -0.25) is 14.5 Å². The number of aryl methyl sites for hydroxylation is 1. The van der Waals surface area contributed by atoms with Gasteiger partial charge in [0.1, 0.15) is 0 Å². The van der Waals surface area contributed by atoms with Crippen LogP contribution in [0.2, 0.25) is 10.0 Å². The molecule has 0 radical (unpaired) electrons. The number of rotatable bonds is 7. The van der Waals surface area contributed by atoms with Gasteiger partial charge in [-0.2, -0.15) is 0 Å². The molecule has 7 heteroatoms. The van der Waals surface area contributed by atoms with Gasteiger partial charge in [0.2, 0.25) is 11.8 Å². The van der Waals surface area contributed by atoms with Gasteiger partial charge < -0.3 is 10.6 Å². The van der Waals surface area contributed by atoms with Crippen molar-refractivity contribution in [3.05, 3.63) is 57.6 Å². The predicted octanol–water partition coefficient (Wildman–Crippen LogP) is 4.93. The molecule has 0 bridgehead atoms. The van der Waals surface area contributed by atoms with Crippen LogP contribution in [0.15, 0.2) is 36.4 Å². The van der Waals surface area contributed by atoms with Crippen molar-refractivity contribution in [3.8, 4) is 0 Å². The molecule has 0 spiro atoms. The minimum Gasteiger partial charge on any atom is -0.325 e. The number of benzene rings is 2. The topological polar surface area (TPSA) is 61.4 Å². The fourth-order valence-electron chi connectivity index (χ4n) is 2.84. The molecular formula is C21H25Cl2N3O2. The van der Waals surface area contributed by atoms with Gasteiger partial charge in [0, 0.05) is 11.4 Å². The second-order valence-corrected chi connectivity index (χ2v) is 7.91. The molecule has 0 unspecified atom stereocenters. The average Bonchev–Trinajstić information content (AvgIpc) is 2.59. The Morgan fingerprint density at radius 3 is 2.25 bits per heavy atom. The third-order valence-electron chi connectivity index (χ3n) is 4.22. The van der Waals surface area contributed by atoms with E-state index in [0.29, 0.717) is 21.7 Å². The zero-order valence-corrected chi connectivity index (χ0v) is 18.0. The van der Waals surface area contributed by atoms with E-state index in [1.807, 2.05) is 25.1 Å². The van der Waals surface area contributed by atoms with Gasteiger partial charge in [-0.05, 0) is 49.2 Å². The Balaban J connectivity index is 1.92. The Labute approximate surface area is 176 Å². The summed E-state index contributed by atoms with van der Waals surface area (Å²) >= 11 is 11.8. The number of hydrogen-bond acceptors (Lipinski definition) is 3. The normalized spacial score (nSPS) is 11.0. The molecule has 2 N–H and O–H groups in total. The Morgan fingerprint density at radius 1 is 1.00 bits per heavy atom. The lowest BCUT2D eigenvalue weighted by atomic mass is 9.98. The van der Waals surface area contributed by atoms with Crippen molar-refractivity contribution in [1.29, 1.82) is 0 Å². The number of anilines is 2. The van der Waals surface area contributed by atoms with Gasteiger partial charge in [-0.1, -0.05) is 55.2 Å². The fourth-order valence-corrected chi connectivity index (χ4v) is 3.14. The van der Waals surface area contributed by atoms with Crippen molar-refractivity contribution in [3.63, 3.8) is 0 Å². The number of carbonyl (C=O) groups excluding carboxylic acids is 2. The van der Waals surface area contributed by atoms with Crippen LogP contribution in [-0.4, -0.2) is 36.9 Å². The number of hydrogen-bond donors (Lipinski definition) is 2. The fraction of sp³-hybridized carbons (Fsp3) is 0.333. The van der Waals surface area contributed by atoms with Crippen molar-refractivity contribution in [2.45, 2.75) is 26.7 Å². The minimum atomic E-state index is -0.243. The summed E-state index contributed by atoms with van der Waals surface area (Å²) < 4.78 is 0. The van der Waals surface area contributed by atoms with Crippen LogP contribution in [0.25, 0.3) is 0 Å². The highest BCUT2D eigenvalue weighted by molar-refractivity contribution is 6.42. The molecule has 0 aromatic heterocycles. The molecule has 0 aliphatic rings. The van der Waals surface area contributed by atoms with E-state index >= 15 is 0 Å². The standard InChI is InChI=1S/C21H25Cl2N3O2/c1-13(2)16-7-5-6-14(3)21(16)25-20(28)12-26(4)11-19(27)24-15-8-9-17(22)18(23)10-15/h5-10,13H,11-12H2,1-4H3,(H,24,27)(H,25,28). The summed E-state index contributed by atoms with van der Waals surface area (Å²) in [6.45, 7) is 6.31. The first kappa shape index (κ1) is 22.2. The van der Waals surface area contributed by atoms with Crippen molar-refractivity contribution in [2.24, 2.45) is 0 Å². The third-order valence-corrected chi connectivity index (χ3v) is 4.96. The summed E-state index contributed by atoms with van der Waals surface area (Å²) in [5.41, 5.74) is 3.50. The average molecular weight is 422 g/mol. The van der Waals surface area contributed by atoms with E-state index < -0.39 is 0 Å². The SMILES string of the molecule is Cc1cccc(C(C)C)c1NC(=O)CN(C)CC(=O)Nc1ccc(Cl)c(Cl)c1. The zero-order valence-electron chi connectivity index (χ0n) is 16.5. The van der Waals surface area contributed by atoms with E-state index in [-0.39, 0.29) is 24.9 Å². The van der Waals surface area contributed by atoms with E-state index in [1.54, 1.807) is 30.1 Å². The first-order chi connectivity index (χ1) is 13.2. The molecule has 0 atom stereocenters. The first-order valence-corrected chi connectivity index (χ1v) is 9.75. The number of nitrogens with zero attached hydrogens (tertiary/aromatic N) is 1. The summed E-state index contributed by atoms with van der Waals surface area (Å²) in [5.74, 6) is -0.113. The van der Waals surface area contributed by atoms with E-state index in [1.165, 1.54) is 0 Å². The predicted molar refractivity (Wildman–Crippen MR) is 116 cm³/mol. The summed E-state index contributed by atoms with van der Waals surface area (Å²) in [4.78, 5) is 26.3. The van der Waals surface area contributed by atoms with Crippen LogP contribution in [-0.2, 0) is 9.59 Å². The highest BCUT2D eigenvalue weighted by Crippen LogP contribution is 2.27. The van der Waals surface area contributed by atoms with Gasteiger partial charge in [-0.25, -0.2) is 0 Å². The first-order valence-electron chi connectivity index (χ1n) is 9.00. The molecule has 150 valence electrons. The van der Waals surface area contributed by atoms with Crippen molar-refractivity contribution >= 4 is 46.4 Å². The molecule has 0 aliphatic carbocycles. The third kappa shape index (κ3) is 6.23. The number of nitrogens with one attached hydrogen (secondary N) is 2. The molecule has 0 aliphatic heterocycles. The maximum absolute atomic E-state index is 12.5. The summed E-state index contributed by atoms with van der Waals surface area (Å²) in [7, 11) is 1.72. The molecular weight excluding hydrogens is 397 g/mol. The number of para-hydroxylation sites is 1. The van der Waals surface area contributed by atoms with Gasteiger partial charge in [0.25, 0.3) is 0 Å². The highest BCUT2D eigenvalue weighted by atomic mass is 35.5. The van der Waals surface area contributed by atoms with Crippen LogP contribution in [0.3, 0.4) is 0 Å². The van der Waals surface area contributed by atoms with E-state index in [0.717, 1.165) is 16.8 Å². The number of carbonyl (C=O) groups is 2. The summed E-state index contributed by atoms with van der Waals surface area (Å²) in [6, 6.07) is 10.8. The van der Waals surface area contributed by atoms with Crippen LogP contribution in [0.4, 0.5) is 11.4 Å². The molecule has 2 aromatic rings. The molecule has 0 fully saturated rings. The monoisotopic (exact) mass is 421 g/mol. The van der Waals surface area contributed by atoms with Gasteiger partial charge in [0.05, 0.1) is 23.1 Å². The molecule has 0 heterocycles. The lowest BCUT2D eigenvalue weighted by Crippen LogP contribution is -2.36. The maximum atomic E-state index is 12.5. The number of amides is 2. The van der Waals surface area contributed by atoms with Crippen LogP contribution >= 0.6 is 23.2 Å². The van der Waals surface area contributed by atoms with Crippen molar-refractivity contribution in [2.75, 3.05) is 30.8 Å². The Bertz CT molecular complexity index is 869. The Morgan fingerprint density at radius 2 is 1.64 bits per heavy atom. The quantitative estimate of drug-likeness (QED) is 0.665. The van der Waals surface area contributed by atoms with E-state index in [9.17, 15) is 9.59 Å². The zero-order chi connectivity index (χ0) is 20.8. The molecule has 5 nitrogen and oxygen atoms in total. The lowest BCUT2D eigenvalue weighted by Gasteiger charge is -2.19. The van der Waals surface area contributed by atoms with Gasteiger partial charge >= 0.3 is 0 Å². The van der Waals surface area contributed by atoms with Crippen LogP contribution in [0.5, 0.6) is 0 Å². The van der Waals surface area contributed by atoms with E-state index in [4.69, 9.17) is 23.2 Å². The highest BCUT2D eigenvalue weighted by Gasteiger charge is 2.15. The lowest BCUT2D eigenvalue weighted by molar-refractivity contribution is -0.119. The summed E-state index contributed by atoms with van der Waals surface area (Å²) in [5, 5.41) is 6.51. The molecule has 0 saturated carbocycles. The summed E-state index contributed by atoms with van der Waals surface area (Å²) in [6.07, 6.45) is 0. The largest absolute Gasteiger partial charge is 0.325 e. The second-order valence-electron chi connectivity index (χ2n) is 7.09. The molecule has 2 amide bonds. The minimum absolute atomic E-state index is 0.0679. The molecule has 2 rings (SSSR count). The van der Waals surface area contributed by atoms with E-state index in [2.05, 4.69) is 24.5 Å². The number of halogens is 2. The second kappa shape index (κ2) is 9.92. The van der Waals surface area contributed by atoms with Crippen molar-refractivity contribution in [1.82, 2.24) is 4.90 Å². The van der Waals surface area contributed by atoms with Gasteiger partial charge in [0.15, 0.2) is 0 Å². The van der Waals surface area contributed by atoms with Crippen molar-refractivity contribution < 1.29 is 9.59 Å². The Kier molecular flexibility index (Phi) is 7.87. The smallest absolute Gasteiger partial charge is 0.238 e. The Hall–Kier alpha value is -2.08. The van der Waals surface area contributed by atoms with Crippen LogP contribution in [0, 0.1) is 6.92 Å². The maximum Gasteiger partial charge on any atom is 0.238 e. The van der Waals surface area contributed by atoms with Crippen LogP contribution in [0.1, 0.15) is 30.9 Å². The van der Waals surface area contributed by atoms with Crippen LogP contribution < -0.4 is 10.6 Å². The van der Waals surface area contributed by atoms with Gasteiger partial charge in [-0.15, -0.1) is 0 Å². The molecule has 0 saturated heterocycles. The number of likely N-dealkylation sites (N-methyl/N-ethyl adjacent to an activating group) is 1. The molecule has 2 aromatic carbocycles.